The number of amides is 1. The van der Waals surface area contributed by atoms with Crippen LogP contribution in [0.25, 0.3) is 0 Å². The highest BCUT2D eigenvalue weighted by atomic mass is 16.6. The Morgan fingerprint density at radius 1 is 1.13 bits per heavy atom. The summed E-state index contributed by atoms with van der Waals surface area (Å²) in [7, 11) is 0. The Bertz CT molecular complexity index is 552. The van der Waals surface area contributed by atoms with Crippen molar-refractivity contribution in [2.75, 3.05) is 11.4 Å². The summed E-state index contributed by atoms with van der Waals surface area (Å²) in [5.74, 6) is 0.841. The van der Waals surface area contributed by atoms with E-state index in [2.05, 4.69) is 32.9 Å². The number of cyclic esters (lactones) is 1. The number of hydrogen-bond acceptors (Lipinski definition) is 2. The molecule has 3 rings (SSSR count). The number of anilines is 1. The second kappa shape index (κ2) is 6.94. The molecule has 0 N–H and O–H groups in total. The highest BCUT2D eigenvalue weighted by Crippen LogP contribution is 2.32. The van der Waals surface area contributed by atoms with Crippen molar-refractivity contribution in [1.29, 1.82) is 0 Å². The van der Waals surface area contributed by atoms with Gasteiger partial charge in [0.2, 0.25) is 0 Å². The van der Waals surface area contributed by atoms with E-state index < -0.39 is 0 Å². The van der Waals surface area contributed by atoms with Crippen LogP contribution in [-0.4, -0.2) is 18.7 Å². The molecule has 1 aromatic rings. The molecule has 1 atom stereocenters. The monoisotopic (exact) mass is 315 g/mol. The molecule has 1 saturated carbocycles. The predicted molar refractivity (Wildman–Crippen MR) is 94.1 cm³/mol. The summed E-state index contributed by atoms with van der Waals surface area (Å²) < 4.78 is 5.40. The summed E-state index contributed by atoms with van der Waals surface area (Å²) in [5, 5.41) is 0. The Kier molecular flexibility index (Phi) is 4.93. The summed E-state index contributed by atoms with van der Waals surface area (Å²) in [6.07, 6.45) is 8.83. The number of carbonyl (C=O) groups is 1. The Balaban J connectivity index is 1.78. The Morgan fingerprint density at radius 3 is 2.35 bits per heavy atom. The van der Waals surface area contributed by atoms with E-state index in [1.54, 1.807) is 4.90 Å². The summed E-state index contributed by atoms with van der Waals surface area (Å²) >= 11 is 0. The van der Waals surface area contributed by atoms with E-state index in [9.17, 15) is 4.79 Å². The van der Waals surface area contributed by atoms with Crippen LogP contribution in [0, 0.1) is 19.8 Å². The molecule has 1 unspecified atom stereocenters. The quantitative estimate of drug-likeness (QED) is 0.768. The molecule has 1 amide bonds. The van der Waals surface area contributed by atoms with Gasteiger partial charge in [0, 0.05) is 5.69 Å². The smallest absolute Gasteiger partial charge is 0.414 e. The van der Waals surface area contributed by atoms with Crippen molar-refractivity contribution in [3.8, 4) is 0 Å². The van der Waals surface area contributed by atoms with Crippen LogP contribution in [0.15, 0.2) is 12.1 Å². The molecule has 1 aromatic carbocycles. The minimum Gasteiger partial charge on any atom is -0.444 e. The number of ether oxygens (including phenoxy) is 1. The van der Waals surface area contributed by atoms with Crippen LogP contribution in [0.4, 0.5) is 10.5 Å². The predicted octanol–water partition coefficient (Wildman–Crippen LogP) is 5.16. The molecule has 0 radical (unpaired) electrons. The maximum absolute atomic E-state index is 12.1. The highest BCUT2D eigenvalue weighted by Gasteiger charge is 2.31. The summed E-state index contributed by atoms with van der Waals surface area (Å²) in [6.45, 7) is 7.11. The molecule has 3 nitrogen and oxygen atoms in total. The van der Waals surface area contributed by atoms with Crippen molar-refractivity contribution in [2.24, 2.45) is 5.92 Å². The van der Waals surface area contributed by atoms with Crippen molar-refractivity contribution >= 4 is 11.8 Å². The van der Waals surface area contributed by atoms with Gasteiger partial charge in [-0.15, -0.1) is 0 Å². The average Bonchev–Trinajstić information content (AvgIpc) is 2.93. The van der Waals surface area contributed by atoms with E-state index in [-0.39, 0.29) is 12.2 Å². The molecule has 1 aliphatic carbocycles. The maximum atomic E-state index is 12.1. The lowest BCUT2D eigenvalue weighted by Crippen LogP contribution is -2.24. The zero-order valence-electron chi connectivity index (χ0n) is 14.7. The topological polar surface area (TPSA) is 29.5 Å². The highest BCUT2D eigenvalue weighted by molar-refractivity contribution is 5.90. The standard InChI is InChI=1S/C20H29NO2/c1-4-18-13-21(20(22)23-18)17-10-14(2)19(15(3)11-17)12-16-8-6-5-7-9-16/h10-11,16,18H,4-9,12-13H2,1-3H3. The molecule has 0 spiro atoms. The molecule has 1 heterocycles. The Morgan fingerprint density at radius 2 is 1.78 bits per heavy atom. The second-order valence-corrected chi connectivity index (χ2v) is 7.29. The number of aryl methyl sites for hydroxylation is 2. The Hall–Kier alpha value is -1.51. The van der Waals surface area contributed by atoms with Gasteiger partial charge in [-0.1, -0.05) is 39.0 Å². The van der Waals surface area contributed by atoms with Crippen LogP contribution in [-0.2, 0) is 11.2 Å². The fourth-order valence-electron chi connectivity index (χ4n) is 4.07. The molecule has 3 heteroatoms. The van der Waals surface area contributed by atoms with Crippen molar-refractivity contribution < 1.29 is 9.53 Å². The SMILES string of the molecule is CCC1CN(c2cc(C)c(CC3CCCCC3)c(C)c2)C(=O)O1. The van der Waals surface area contributed by atoms with Crippen LogP contribution in [0.5, 0.6) is 0 Å². The first-order valence-electron chi connectivity index (χ1n) is 9.16. The number of nitrogens with zero attached hydrogens (tertiary/aromatic N) is 1. The van der Waals surface area contributed by atoms with Crippen molar-refractivity contribution in [3.05, 3.63) is 28.8 Å². The lowest BCUT2D eigenvalue weighted by molar-refractivity contribution is 0.139. The van der Waals surface area contributed by atoms with E-state index in [0.29, 0.717) is 6.54 Å². The van der Waals surface area contributed by atoms with Crippen molar-refractivity contribution in [3.63, 3.8) is 0 Å². The lowest BCUT2D eigenvalue weighted by Gasteiger charge is -2.24. The van der Waals surface area contributed by atoms with E-state index in [1.165, 1.54) is 55.2 Å². The van der Waals surface area contributed by atoms with Crippen molar-refractivity contribution in [1.82, 2.24) is 0 Å². The number of hydrogen-bond donors (Lipinski definition) is 0. The third-order valence-electron chi connectivity index (χ3n) is 5.54. The van der Waals surface area contributed by atoms with Gasteiger partial charge >= 0.3 is 6.09 Å². The number of rotatable bonds is 4. The van der Waals surface area contributed by atoms with Gasteiger partial charge in [-0.25, -0.2) is 4.79 Å². The van der Waals surface area contributed by atoms with Crippen LogP contribution in [0.1, 0.15) is 62.1 Å². The zero-order valence-corrected chi connectivity index (χ0v) is 14.7. The van der Waals surface area contributed by atoms with Gasteiger partial charge in [0.15, 0.2) is 0 Å². The summed E-state index contributed by atoms with van der Waals surface area (Å²) in [4.78, 5) is 13.9. The molecule has 126 valence electrons. The van der Waals surface area contributed by atoms with E-state index in [0.717, 1.165) is 18.0 Å². The minimum atomic E-state index is -0.198. The third kappa shape index (κ3) is 3.54. The lowest BCUT2D eigenvalue weighted by atomic mass is 9.82. The fraction of sp³-hybridized carbons (Fsp3) is 0.650. The largest absolute Gasteiger partial charge is 0.444 e. The van der Waals surface area contributed by atoms with Gasteiger partial charge in [-0.3, -0.25) is 4.90 Å². The summed E-state index contributed by atoms with van der Waals surface area (Å²) in [5.41, 5.74) is 5.12. The van der Waals surface area contributed by atoms with E-state index in [1.807, 2.05) is 0 Å². The van der Waals surface area contributed by atoms with Gasteiger partial charge in [-0.05, 0) is 61.4 Å². The second-order valence-electron chi connectivity index (χ2n) is 7.29. The normalized spacial score (nSPS) is 22.5. The fourth-order valence-corrected chi connectivity index (χ4v) is 4.07. The first-order valence-corrected chi connectivity index (χ1v) is 9.16. The number of benzene rings is 1. The van der Waals surface area contributed by atoms with Crippen LogP contribution in [0.2, 0.25) is 0 Å². The van der Waals surface area contributed by atoms with Gasteiger partial charge in [0.05, 0.1) is 6.54 Å². The zero-order chi connectivity index (χ0) is 16.4. The number of carbonyl (C=O) groups excluding carboxylic acids is 1. The molecule has 0 aromatic heterocycles. The van der Waals surface area contributed by atoms with Crippen molar-refractivity contribution in [2.45, 2.75) is 71.8 Å². The first-order chi connectivity index (χ1) is 11.1. The van der Waals surface area contributed by atoms with Gasteiger partial charge in [0.1, 0.15) is 6.10 Å². The van der Waals surface area contributed by atoms with E-state index in [4.69, 9.17) is 4.74 Å². The van der Waals surface area contributed by atoms with Gasteiger partial charge < -0.3 is 4.74 Å². The molecular weight excluding hydrogens is 286 g/mol. The van der Waals surface area contributed by atoms with Crippen LogP contribution < -0.4 is 4.90 Å². The summed E-state index contributed by atoms with van der Waals surface area (Å²) in [6, 6.07) is 4.34. The first kappa shape index (κ1) is 16.4. The molecule has 1 aliphatic heterocycles. The van der Waals surface area contributed by atoms with Gasteiger partial charge in [-0.2, -0.15) is 0 Å². The average molecular weight is 315 g/mol. The molecule has 2 aliphatic rings. The van der Waals surface area contributed by atoms with Crippen LogP contribution >= 0.6 is 0 Å². The van der Waals surface area contributed by atoms with Gasteiger partial charge in [0.25, 0.3) is 0 Å². The Labute approximate surface area is 140 Å². The molecule has 1 saturated heterocycles. The molecular formula is C20H29NO2. The van der Waals surface area contributed by atoms with E-state index >= 15 is 0 Å². The molecule has 0 bridgehead atoms. The maximum Gasteiger partial charge on any atom is 0.414 e. The van der Waals surface area contributed by atoms with Crippen LogP contribution in [0.3, 0.4) is 0 Å². The molecule has 23 heavy (non-hydrogen) atoms. The molecule has 2 fully saturated rings. The third-order valence-corrected chi connectivity index (χ3v) is 5.54. The minimum absolute atomic E-state index is 0.0324.